The Morgan fingerprint density at radius 1 is 1.29 bits per heavy atom. The summed E-state index contributed by atoms with van der Waals surface area (Å²) in [6, 6.07) is 10.2. The lowest BCUT2D eigenvalue weighted by atomic mass is 10.1. The Morgan fingerprint density at radius 2 is 2.14 bits per heavy atom. The second kappa shape index (κ2) is 11.8. The van der Waals surface area contributed by atoms with Crippen molar-refractivity contribution < 1.29 is 4.74 Å². The van der Waals surface area contributed by atoms with Crippen molar-refractivity contribution in [2.24, 2.45) is 10.9 Å². The molecule has 1 aromatic heterocycles. The highest BCUT2D eigenvalue weighted by Gasteiger charge is 2.24. The third-order valence-electron chi connectivity index (χ3n) is 4.91. The molecule has 1 fully saturated rings. The van der Waals surface area contributed by atoms with Gasteiger partial charge in [0, 0.05) is 52.2 Å². The number of halogens is 1. The molecule has 0 spiro atoms. The van der Waals surface area contributed by atoms with Crippen molar-refractivity contribution in [2.75, 3.05) is 45.2 Å². The summed E-state index contributed by atoms with van der Waals surface area (Å²) in [6.45, 7) is 4.79. The van der Waals surface area contributed by atoms with Crippen molar-refractivity contribution in [1.29, 1.82) is 0 Å². The Bertz CT molecular complexity index is 721. The van der Waals surface area contributed by atoms with Crippen molar-refractivity contribution in [3.63, 3.8) is 0 Å². The van der Waals surface area contributed by atoms with E-state index in [0.717, 1.165) is 50.9 Å². The average molecular weight is 498 g/mol. The molecule has 0 aliphatic carbocycles. The lowest BCUT2D eigenvalue weighted by molar-refractivity contribution is 0.414. The van der Waals surface area contributed by atoms with E-state index in [2.05, 4.69) is 37.8 Å². The van der Waals surface area contributed by atoms with Crippen LogP contribution < -0.4 is 20.3 Å². The number of methoxy groups -OCH3 is 1. The highest BCUT2D eigenvalue weighted by atomic mass is 127. The van der Waals surface area contributed by atoms with Gasteiger partial charge in [-0.15, -0.1) is 24.0 Å². The summed E-state index contributed by atoms with van der Waals surface area (Å²) in [5.74, 6) is 2.41. The molecule has 154 valence electrons. The van der Waals surface area contributed by atoms with Gasteiger partial charge in [0.1, 0.15) is 5.75 Å². The monoisotopic (exact) mass is 498 g/mol. The molecule has 2 heterocycles. The zero-order chi connectivity index (χ0) is 18.9. The minimum absolute atomic E-state index is 0. The predicted octanol–water partition coefficient (Wildman–Crippen LogP) is 2.59. The molecule has 1 atom stereocenters. The maximum Gasteiger partial charge on any atom is 0.190 e. The lowest BCUT2D eigenvalue weighted by Crippen LogP contribution is -2.40. The number of hydrogen-bond donors (Lipinski definition) is 2. The molecule has 28 heavy (non-hydrogen) atoms. The third kappa shape index (κ3) is 6.29. The number of aromatic nitrogens is 2. The highest BCUT2D eigenvalue weighted by Crippen LogP contribution is 2.31. The van der Waals surface area contributed by atoms with E-state index in [-0.39, 0.29) is 24.0 Å². The number of aryl methyl sites for hydroxylation is 1. The van der Waals surface area contributed by atoms with Crippen molar-refractivity contribution in [3.05, 3.63) is 42.7 Å². The molecule has 3 rings (SSSR count). The van der Waals surface area contributed by atoms with Crippen LogP contribution in [0.25, 0.3) is 0 Å². The van der Waals surface area contributed by atoms with E-state index in [1.165, 1.54) is 12.1 Å². The summed E-state index contributed by atoms with van der Waals surface area (Å²) in [5.41, 5.74) is 1.18. The first-order chi connectivity index (χ1) is 13.3. The molecular weight excluding hydrogens is 467 g/mol. The second-order valence-corrected chi connectivity index (χ2v) is 6.78. The fraction of sp³-hybridized carbons (Fsp3) is 0.500. The molecule has 0 saturated carbocycles. The zero-order valence-electron chi connectivity index (χ0n) is 16.7. The number of ether oxygens (including phenoxy) is 1. The van der Waals surface area contributed by atoms with E-state index >= 15 is 0 Å². The lowest BCUT2D eigenvalue weighted by Gasteiger charge is -2.21. The maximum absolute atomic E-state index is 5.50. The maximum atomic E-state index is 5.50. The third-order valence-corrected chi connectivity index (χ3v) is 4.91. The Kier molecular flexibility index (Phi) is 9.39. The summed E-state index contributed by atoms with van der Waals surface area (Å²) in [5, 5.41) is 11.1. The van der Waals surface area contributed by atoms with Gasteiger partial charge in [0.25, 0.3) is 0 Å². The molecule has 1 saturated heterocycles. The van der Waals surface area contributed by atoms with Crippen LogP contribution in [0.4, 0.5) is 5.69 Å². The van der Waals surface area contributed by atoms with Crippen molar-refractivity contribution in [3.8, 4) is 5.75 Å². The van der Waals surface area contributed by atoms with Crippen LogP contribution in [0.5, 0.6) is 5.75 Å². The Hall–Kier alpha value is -1.97. The second-order valence-electron chi connectivity index (χ2n) is 6.78. The molecule has 1 unspecified atom stereocenters. The van der Waals surface area contributed by atoms with E-state index < -0.39 is 0 Å². The van der Waals surface area contributed by atoms with E-state index in [1.807, 2.05) is 42.3 Å². The number of hydrogen-bond acceptors (Lipinski definition) is 4. The quantitative estimate of drug-likeness (QED) is 0.254. The number of nitrogens with one attached hydrogen (secondary N) is 2. The predicted molar refractivity (Wildman–Crippen MR) is 125 cm³/mol. The number of para-hydroxylation sites is 2. The molecule has 2 N–H and O–H groups in total. The van der Waals surface area contributed by atoms with Gasteiger partial charge in [0.2, 0.25) is 0 Å². The molecule has 0 radical (unpaired) electrons. The molecule has 8 heteroatoms. The highest BCUT2D eigenvalue weighted by molar-refractivity contribution is 14.0. The minimum Gasteiger partial charge on any atom is -0.495 e. The summed E-state index contributed by atoms with van der Waals surface area (Å²) < 4.78 is 7.44. The van der Waals surface area contributed by atoms with Crippen LogP contribution >= 0.6 is 24.0 Å². The normalized spacial score (nSPS) is 16.6. The summed E-state index contributed by atoms with van der Waals surface area (Å²) in [6.07, 6.45) is 5.97. The molecule has 7 nitrogen and oxygen atoms in total. The molecule has 1 aliphatic rings. The molecule has 0 bridgehead atoms. The van der Waals surface area contributed by atoms with Gasteiger partial charge in [-0.2, -0.15) is 5.10 Å². The standard InChI is InChI=1S/C20H30N6O.HI/c1-21-20(22-10-5-12-26-13-6-11-24-26)23-15-17-9-14-25(16-17)18-7-3-4-8-19(18)27-2;/h3-4,6-8,11,13,17H,5,9-10,12,14-16H2,1-2H3,(H2,21,22,23);1H. The van der Waals surface area contributed by atoms with Gasteiger partial charge in [-0.1, -0.05) is 12.1 Å². The number of anilines is 1. The average Bonchev–Trinajstić information content (AvgIpc) is 3.39. The fourth-order valence-corrected chi connectivity index (χ4v) is 3.45. The van der Waals surface area contributed by atoms with Gasteiger partial charge in [-0.25, -0.2) is 0 Å². The van der Waals surface area contributed by atoms with Gasteiger partial charge in [0.15, 0.2) is 5.96 Å². The Labute approximate surface area is 184 Å². The van der Waals surface area contributed by atoms with Gasteiger partial charge in [-0.3, -0.25) is 9.67 Å². The largest absolute Gasteiger partial charge is 0.495 e. The van der Waals surface area contributed by atoms with Gasteiger partial charge < -0.3 is 20.3 Å². The Morgan fingerprint density at radius 3 is 2.89 bits per heavy atom. The smallest absolute Gasteiger partial charge is 0.190 e. The number of aliphatic imine (C=N–C) groups is 1. The van der Waals surface area contributed by atoms with E-state index in [9.17, 15) is 0 Å². The first kappa shape index (κ1) is 22.3. The first-order valence-corrected chi connectivity index (χ1v) is 9.60. The molecular formula is C20H31IN6O. The SMILES string of the molecule is CN=C(NCCCn1cccn1)NCC1CCN(c2ccccc2OC)C1.I. The van der Waals surface area contributed by atoms with Crippen LogP contribution in [-0.4, -0.2) is 56.1 Å². The number of rotatable bonds is 8. The molecule has 1 aromatic carbocycles. The van der Waals surface area contributed by atoms with Gasteiger partial charge in [0.05, 0.1) is 12.8 Å². The van der Waals surface area contributed by atoms with Crippen LogP contribution in [0.15, 0.2) is 47.7 Å². The van der Waals surface area contributed by atoms with Crippen LogP contribution in [0.2, 0.25) is 0 Å². The van der Waals surface area contributed by atoms with E-state index in [0.29, 0.717) is 5.92 Å². The van der Waals surface area contributed by atoms with Crippen molar-refractivity contribution in [2.45, 2.75) is 19.4 Å². The summed E-state index contributed by atoms with van der Waals surface area (Å²) in [4.78, 5) is 6.73. The van der Waals surface area contributed by atoms with Crippen LogP contribution in [0.1, 0.15) is 12.8 Å². The van der Waals surface area contributed by atoms with Crippen LogP contribution in [0, 0.1) is 5.92 Å². The number of nitrogens with zero attached hydrogens (tertiary/aromatic N) is 4. The minimum atomic E-state index is 0. The zero-order valence-corrected chi connectivity index (χ0v) is 19.0. The van der Waals surface area contributed by atoms with Crippen molar-refractivity contribution in [1.82, 2.24) is 20.4 Å². The topological polar surface area (TPSA) is 66.7 Å². The molecule has 0 amide bonds. The van der Waals surface area contributed by atoms with Gasteiger partial charge >= 0.3 is 0 Å². The Balaban J connectivity index is 0.00000280. The van der Waals surface area contributed by atoms with Crippen molar-refractivity contribution >= 4 is 35.6 Å². The van der Waals surface area contributed by atoms with E-state index in [1.54, 1.807) is 7.11 Å². The van der Waals surface area contributed by atoms with Crippen LogP contribution in [0.3, 0.4) is 0 Å². The number of benzene rings is 1. The van der Waals surface area contributed by atoms with Crippen LogP contribution in [-0.2, 0) is 6.54 Å². The van der Waals surface area contributed by atoms with Gasteiger partial charge in [-0.05, 0) is 37.0 Å². The number of guanidine groups is 1. The summed E-state index contributed by atoms with van der Waals surface area (Å²) >= 11 is 0. The summed E-state index contributed by atoms with van der Waals surface area (Å²) in [7, 11) is 3.55. The molecule has 1 aliphatic heterocycles. The first-order valence-electron chi connectivity index (χ1n) is 9.60. The fourth-order valence-electron chi connectivity index (χ4n) is 3.45. The van der Waals surface area contributed by atoms with E-state index in [4.69, 9.17) is 4.74 Å². The molecule has 2 aromatic rings.